The highest BCUT2D eigenvalue weighted by atomic mass is 16.5. The van der Waals surface area contributed by atoms with Crippen LogP contribution in [0, 0.1) is 11.8 Å². The van der Waals surface area contributed by atoms with Gasteiger partial charge < -0.3 is 20.1 Å². The lowest BCUT2D eigenvalue weighted by Gasteiger charge is -2.34. The van der Waals surface area contributed by atoms with Crippen molar-refractivity contribution in [3.8, 4) is 5.88 Å². The van der Waals surface area contributed by atoms with E-state index in [2.05, 4.69) is 10.3 Å². The Balaban J connectivity index is 1.92. The van der Waals surface area contributed by atoms with Crippen molar-refractivity contribution in [2.24, 2.45) is 11.8 Å². The number of hydrogen-bond acceptors (Lipinski definition) is 4. The molecular formula is C15H21N3O4. The van der Waals surface area contributed by atoms with Crippen molar-refractivity contribution in [3.63, 3.8) is 0 Å². The summed E-state index contributed by atoms with van der Waals surface area (Å²) in [7, 11) is 1.53. The van der Waals surface area contributed by atoms with E-state index in [9.17, 15) is 9.59 Å². The lowest BCUT2D eigenvalue weighted by atomic mass is 9.91. The molecule has 1 aliphatic rings. The zero-order valence-electron chi connectivity index (χ0n) is 12.8. The van der Waals surface area contributed by atoms with Gasteiger partial charge in [-0.3, -0.25) is 4.79 Å². The van der Waals surface area contributed by atoms with Gasteiger partial charge in [0.15, 0.2) is 0 Å². The maximum atomic E-state index is 12.2. The first kappa shape index (κ1) is 16.1. The molecule has 1 fully saturated rings. The van der Waals surface area contributed by atoms with Crippen LogP contribution in [0.2, 0.25) is 0 Å². The topological polar surface area (TPSA) is 91.8 Å². The fourth-order valence-electron chi connectivity index (χ4n) is 2.64. The molecule has 7 heteroatoms. The number of carboxylic acid groups (broad SMARTS) is 1. The average Bonchev–Trinajstić information content (AvgIpc) is 2.52. The second kappa shape index (κ2) is 7.11. The van der Waals surface area contributed by atoms with E-state index in [0.717, 1.165) is 0 Å². The number of carbonyl (C=O) groups is 2. The normalized spacial score (nSPS) is 21.3. The lowest BCUT2D eigenvalue weighted by molar-refractivity contribution is -0.143. The van der Waals surface area contributed by atoms with Crippen LogP contribution >= 0.6 is 0 Å². The largest absolute Gasteiger partial charge is 0.481 e. The molecule has 22 heavy (non-hydrogen) atoms. The van der Waals surface area contributed by atoms with E-state index in [1.165, 1.54) is 7.11 Å². The molecule has 0 aromatic carbocycles. The Hall–Kier alpha value is -2.31. The molecule has 0 radical (unpaired) electrons. The van der Waals surface area contributed by atoms with Crippen LogP contribution in [0.4, 0.5) is 4.79 Å². The molecule has 0 bridgehead atoms. The van der Waals surface area contributed by atoms with Gasteiger partial charge in [0.1, 0.15) is 0 Å². The molecule has 2 N–H and O–H groups in total. The van der Waals surface area contributed by atoms with Crippen LogP contribution in [0.15, 0.2) is 18.2 Å². The number of aliphatic carboxylic acids is 1. The van der Waals surface area contributed by atoms with Gasteiger partial charge in [-0.1, -0.05) is 13.0 Å². The first-order valence-electron chi connectivity index (χ1n) is 7.25. The third-order valence-electron chi connectivity index (χ3n) is 3.71. The van der Waals surface area contributed by atoms with Gasteiger partial charge >= 0.3 is 12.0 Å². The number of aromatic nitrogens is 1. The SMILES string of the molecule is COc1cccc(CNC(=O)N2CC(C)CC(C(=O)O)C2)n1. The van der Waals surface area contributed by atoms with E-state index in [4.69, 9.17) is 9.84 Å². The Bertz CT molecular complexity index is 549. The van der Waals surface area contributed by atoms with Crippen molar-refractivity contribution >= 4 is 12.0 Å². The molecule has 2 unspecified atom stereocenters. The predicted octanol–water partition coefficient (Wildman–Crippen LogP) is 1.34. The summed E-state index contributed by atoms with van der Waals surface area (Å²) in [4.78, 5) is 29.1. The van der Waals surface area contributed by atoms with Gasteiger partial charge in [-0.25, -0.2) is 9.78 Å². The summed E-state index contributed by atoms with van der Waals surface area (Å²) in [5.41, 5.74) is 0.688. The van der Waals surface area contributed by atoms with Crippen LogP contribution in [0.25, 0.3) is 0 Å². The maximum Gasteiger partial charge on any atom is 0.317 e. The number of nitrogens with one attached hydrogen (secondary N) is 1. The summed E-state index contributed by atoms with van der Waals surface area (Å²) in [5, 5.41) is 11.9. The van der Waals surface area contributed by atoms with Gasteiger partial charge in [-0.15, -0.1) is 0 Å². The van der Waals surface area contributed by atoms with E-state index >= 15 is 0 Å². The molecule has 0 aliphatic carbocycles. The molecule has 2 heterocycles. The number of rotatable bonds is 4. The molecule has 1 aromatic rings. The zero-order chi connectivity index (χ0) is 16.1. The Kier molecular flexibility index (Phi) is 5.19. The van der Waals surface area contributed by atoms with E-state index in [1.54, 1.807) is 23.1 Å². The second-order valence-corrected chi connectivity index (χ2v) is 5.61. The highest BCUT2D eigenvalue weighted by molar-refractivity contribution is 5.76. The number of likely N-dealkylation sites (tertiary alicyclic amines) is 1. The lowest BCUT2D eigenvalue weighted by Crippen LogP contribution is -2.49. The standard InChI is InChI=1S/C15H21N3O4/c1-10-6-11(14(19)20)9-18(8-10)15(21)16-7-12-4-3-5-13(17-12)22-2/h3-5,10-11H,6-9H2,1-2H3,(H,16,21)(H,19,20). The van der Waals surface area contributed by atoms with Gasteiger partial charge in [0, 0.05) is 19.2 Å². The molecule has 1 aliphatic heterocycles. The highest BCUT2D eigenvalue weighted by Crippen LogP contribution is 2.21. The number of amides is 2. The van der Waals surface area contributed by atoms with E-state index in [0.29, 0.717) is 24.5 Å². The van der Waals surface area contributed by atoms with E-state index < -0.39 is 11.9 Å². The van der Waals surface area contributed by atoms with Crippen molar-refractivity contribution in [1.29, 1.82) is 0 Å². The Morgan fingerprint density at radius 1 is 1.45 bits per heavy atom. The highest BCUT2D eigenvalue weighted by Gasteiger charge is 2.31. The molecule has 0 spiro atoms. The monoisotopic (exact) mass is 307 g/mol. The molecule has 0 saturated carbocycles. The number of ether oxygens (including phenoxy) is 1. The summed E-state index contributed by atoms with van der Waals surface area (Å²) in [5.74, 6) is -0.678. The Morgan fingerprint density at radius 2 is 2.23 bits per heavy atom. The third-order valence-corrected chi connectivity index (χ3v) is 3.71. The van der Waals surface area contributed by atoms with Crippen LogP contribution in [-0.4, -0.2) is 47.2 Å². The fraction of sp³-hybridized carbons (Fsp3) is 0.533. The second-order valence-electron chi connectivity index (χ2n) is 5.61. The molecule has 2 atom stereocenters. The number of carbonyl (C=O) groups excluding carboxylic acids is 1. The Morgan fingerprint density at radius 3 is 2.91 bits per heavy atom. The quantitative estimate of drug-likeness (QED) is 0.876. The smallest absolute Gasteiger partial charge is 0.317 e. The number of hydrogen-bond donors (Lipinski definition) is 2. The number of nitrogens with zero attached hydrogens (tertiary/aromatic N) is 2. The van der Waals surface area contributed by atoms with Crippen molar-refractivity contribution in [2.45, 2.75) is 19.9 Å². The molecular weight excluding hydrogens is 286 g/mol. The third kappa shape index (κ3) is 4.09. The Labute approximate surface area is 129 Å². The van der Waals surface area contributed by atoms with Crippen LogP contribution in [0.1, 0.15) is 19.0 Å². The number of carboxylic acids is 1. The van der Waals surface area contributed by atoms with Gasteiger partial charge in [0.2, 0.25) is 5.88 Å². The number of pyridine rings is 1. The maximum absolute atomic E-state index is 12.2. The molecule has 7 nitrogen and oxygen atoms in total. The molecule has 1 saturated heterocycles. The fourth-order valence-corrected chi connectivity index (χ4v) is 2.64. The predicted molar refractivity (Wildman–Crippen MR) is 79.5 cm³/mol. The molecule has 1 aromatic heterocycles. The van der Waals surface area contributed by atoms with E-state index in [-0.39, 0.29) is 25.0 Å². The van der Waals surface area contributed by atoms with E-state index in [1.807, 2.05) is 6.92 Å². The zero-order valence-corrected chi connectivity index (χ0v) is 12.8. The minimum Gasteiger partial charge on any atom is -0.481 e. The number of urea groups is 1. The van der Waals surface area contributed by atoms with Crippen LogP contribution < -0.4 is 10.1 Å². The van der Waals surface area contributed by atoms with Crippen LogP contribution in [-0.2, 0) is 11.3 Å². The minimum atomic E-state index is -0.848. The summed E-state index contributed by atoms with van der Waals surface area (Å²) < 4.78 is 5.03. The van der Waals surface area contributed by atoms with Gasteiger partial charge in [-0.05, 0) is 18.4 Å². The van der Waals surface area contributed by atoms with Crippen LogP contribution in [0.3, 0.4) is 0 Å². The minimum absolute atomic E-state index is 0.176. The van der Waals surface area contributed by atoms with Crippen molar-refractivity contribution in [2.75, 3.05) is 20.2 Å². The molecule has 2 rings (SSSR count). The van der Waals surface area contributed by atoms with Gasteiger partial charge in [0.25, 0.3) is 0 Å². The van der Waals surface area contributed by atoms with Crippen molar-refractivity contribution in [3.05, 3.63) is 23.9 Å². The summed E-state index contributed by atoms with van der Waals surface area (Å²) in [6, 6.07) is 5.07. The number of piperidine rings is 1. The average molecular weight is 307 g/mol. The summed E-state index contributed by atoms with van der Waals surface area (Å²) in [6.07, 6.45) is 0.608. The van der Waals surface area contributed by atoms with Crippen LogP contribution in [0.5, 0.6) is 5.88 Å². The summed E-state index contributed by atoms with van der Waals surface area (Å²) >= 11 is 0. The number of methoxy groups -OCH3 is 1. The molecule has 120 valence electrons. The first-order chi connectivity index (χ1) is 10.5. The van der Waals surface area contributed by atoms with Crippen molar-refractivity contribution in [1.82, 2.24) is 15.2 Å². The summed E-state index contributed by atoms with van der Waals surface area (Å²) in [6.45, 7) is 3.05. The first-order valence-corrected chi connectivity index (χ1v) is 7.25. The molecule has 2 amide bonds. The van der Waals surface area contributed by atoms with Gasteiger partial charge in [-0.2, -0.15) is 0 Å². The van der Waals surface area contributed by atoms with Gasteiger partial charge in [0.05, 0.1) is 25.3 Å². The van der Waals surface area contributed by atoms with Crippen molar-refractivity contribution < 1.29 is 19.4 Å².